The molecule has 0 unspecified atom stereocenters. The third kappa shape index (κ3) is 3.08. The van der Waals surface area contributed by atoms with Crippen LogP contribution in [0, 0.1) is 11.3 Å². The van der Waals surface area contributed by atoms with E-state index in [0.717, 1.165) is 16.3 Å². The van der Waals surface area contributed by atoms with Gasteiger partial charge in [-0.15, -0.1) is 0 Å². The van der Waals surface area contributed by atoms with E-state index >= 15 is 0 Å². The van der Waals surface area contributed by atoms with E-state index in [-0.39, 0.29) is 0 Å². The lowest BCUT2D eigenvalue weighted by Crippen LogP contribution is -2.54. The van der Waals surface area contributed by atoms with Crippen LogP contribution in [0.3, 0.4) is 0 Å². The summed E-state index contributed by atoms with van der Waals surface area (Å²) in [7, 11) is -3.41. The molecule has 2 aromatic carbocycles. The van der Waals surface area contributed by atoms with E-state index in [9.17, 15) is 15.3 Å². The van der Waals surface area contributed by atoms with Crippen molar-refractivity contribution >= 4 is 25.8 Å². The van der Waals surface area contributed by atoms with Crippen LogP contribution in [0.1, 0.15) is 5.56 Å². The molecular weight excluding hydrogens is 277 g/mol. The van der Waals surface area contributed by atoms with Gasteiger partial charge in [0.1, 0.15) is 0 Å². The Morgan fingerprint density at radius 3 is 2.10 bits per heavy atom. The van der Waals surface area contributed by atoms with E-state index in [2.05, 4.69) is 25.7 Å². The fourth-order valence-electron chi connectivity index (χ4n) is 2.64. The minimum absolute atomic E-state index is 0.506. The van der Waals surface area contributed by atoms with Crippen LogP contribution in [0.25, 0.3) is 11.1 Å². The van der Waals surface area contributed by atoms with Crippen LogP contribution in [0.2, 0.25) is 19.6 Å². The van der Waals surface area contributed by atoms with Gasteiger partial charge in [0, 0.05) is 0 Å². The lowest BCUT2D eigenvalue weighted by Gasteiger charge is -2.26. The van der Waals surface area contributed by atoms with Gasteiger partial charge in [-0.3, -0.25) is 0 Å². The molecule has 0 aliphatic carbocycles. The number of rotatable bonds is 3. The summed E-state index contributed by atoms with van der Waals surface area (Å²) in [6.07, 6.45) is 0. The molecular formula is C16H18BNO2Si. The molecule has 0 aliphatic rings. The molecule has 3 nitrogen and oxygen atoms in total. The first kappa shape index (κ1) is 15.5. The lowest BCUT2D eigenvalue weighted by molar-refractivity contribution is 0.426. The molecule has 0 heterocycles. The molecule has 0 saturated carbocycles. The standard InChI is InChI=1S/C16H18BNO2Si/c1-21(2,3)16-14(17(19)20)10-9-13(11-18)15(16)12-7-5-4-6-8-12/h4-10,19-20H,1-3H3. The molecule has 2 rings (SSSR count). The quantitative estimate of drug-likeness (QED) is 0.842. The summed E-state index contributed by atoms with van der Waals surface area (Å²) < 4.78 is 0. The molecule has 0 saturated heterocycles. The minimum Gasteiger partial charge on any atom is -0.423 e. The summed E-state index contributed by atoms with van der Waals surface area (Å²) in [5, 5.41) is 29.8. The summed E-state index contributed by atoms with van der Waals surface area (Å²) in [4.78, 5) is 0. The Morgan fingerprint density at radius 1 is 1.00 bits per heavy atom. The van der Waals surface area contributed by atoms with Gasteiger partial charge in [0.05, 0.1) is 19.7 Å². The number of nitrogens with zero attached hydrogens (tertiary/aromatic N) is 1. The molecule has 0 radical (unpaired) electrons. The Labute approximate surface area is 126 Å². The normalized spacial score (nSPS) is 11.0. The Hall–Kier alpha value is -1.87. The predicted molar refractivity (Wildman–Crippen MR) is 89.4 cm³/mol. The van der Waals surface area contributed by atoms with Crippen molar-refractivity contribution < 1.29 is 10.0 Å². The SMILES string of the molecule is C[Si](C)(C)c1c(B(O)O)ccc(C#N)c1-c1ccccc1. The fourth-order valence-corrected chi connectivity index (χ4v) is 4.75. The maximum absolute atomic E-state index is 9.70. The molecule has 106 valence electrons. The van der Waals surface area contributed by atoms with Crippen LogP contribution in [0.4, 0.5) is 0 Å². The van der Waals surface area contributed by atoms with Crippen LogP contribution in [-0.2, 0) is 0 Å². The van der Waals surface area contributed by atoms with Crippen LogP contribution >= 0.6 is 0 Å². The first-order chi connectivity index (χ1) is 9.86. The van der Waals surface area contributed by atoms with Crippen LogP contribution in [0.15, 0.2) is 42.5 Å². The first-order valence-electron chi connectivity index (χ1n) is 6.85. The van der Waals surface area contributed by atoms with Gasteiger partial charge in [0.2, 0.25) is 0 Å². The third-order valence-electron chi connectivity index (χ3n) is 3.45. The van der Waals surface area contributed by atoms with E-state index in [4.69, 9.17) is 0 Å². The van der Waals surface area contributed by atoms with Gasteiger partial charge in [-0.05, 0) is 22.7 Å². The second kappa shape index (κ2) is 5.86. The van der Waals surface area contributed by atoms with Gasteiger partial charge < -0.3 is 10.0 Å². The summed E-state index contributed by atoms with van der Waals surface area (Å²) in [5.41, 5.74) is 2.85. The van der Waals surface area contributed by atoms with E-state index < -0.39 is 15.2 Å². The van der Waals surface area contributed by atoms with Crippen molar-refractivity contribution in [3.63, 3.8) is 0 Å². The Kier molecular flexibility index (Phi) is 4.33. The van der Waals surface area contributed by atoms with Gasteiger partial charge in [0.15, 0.2) is 0 Å². The highest BCUT2D eigenvalue weighted by molar-refractivity contribution is 6.93. The molecule has 0 amide bonds. The van der Waals surface area contributed by atoms with Crippen molar-refractivity contribution in [2.45, 2.75) is 19.6 Å². The summed E-state index contributed by atoms with van der Waals surface area (Å²) in [5.74, 6) is 0. The van der Waals surface area contributed by atoms with E-state index in [1.165, 1.54) is 0 Å². The predicted octanol–water partition coefficient (Wildman–Crippen LogP) is 1.45. The molecule has 0 aliphatic heterocycles. The number of hydrogen-bond acceptors (Lipinski definition) is 3. The Bertz CT molecular complexity index is 688. The first-order valence-corrected chi connectivity index (χ1v) is 10.4. The fraction of sp³-hybridized carbons (Fsp3) is 0.188. The van der Waals surface area contributed by atoms with Crippen LogP contribution in [0.5, 0.6) is 0 Å². The molecule has 0 atom stereocenters. The van der Waals surface area contributed by atoms with Crippen molar-refractivity contribution in [2.75, 3.05) is 0 Å². The van der Waals surface area contributed by atoms with Crippen LogP contribution in [-0.4, -0.2) is 25.2 Å². The molecule has 2 aromatic rings. The summed E-state index contributed by atoms with van der Waals surface area (Å²) in [6.45, 7) is 6.42. The summed E-state index contributed by atoms with van der Waals surface area (Å²) in [6, 6.07) is 15.2. The molecule has 2 N–H and O–H groups in total. The van der Waals surface area contributed by atoms with E-state index in [1.54, 1.807) is 12.1 Å². The average molecular weight is 295 g/mol. The van der Waals surface area contributed by atoms with Crippen molar-refractivity contribution in [3.05, 3.63) is 48.0 Å². The van der Waals surface area contributed by atoms with Crippen molar-refractivity contribution in [3.8, 4) is 17.2 Å². The molecule has 0 spiro atoms. The largest absolute Gasteiger partial charge is 0.488 e. The third-order valence-corrected chi connectivity index (χ3v) is 5.49. The van der Waals surface area contributed by atoms with Crippen molar-refractivity contribution in [1.29, 1.82) is 5.26 Å². The minimum atomic E-state index is -1.89. The zero-order valence-electron chi connectivity index (χ0n) is 12.5. The highest BCUT2D eigenvalue weighted by atomic mass is 28.3. The highest BCUT2D eigenvalue weighted by Gasteiger charge is 2.30. The summed E-state index contributed by atoms with van der Waals surface area (Å²) >= 11 is 0. The molecule has 0 bridgehead atoms. The number of nitriles is 1. The molecule has 5 heteroatoms. The second-order valence-corrected chi connectivity index (χ2v) is 11.1. The van der Waals surface area contributed by atoms with E-state index in [1.807, 2.05) is 30.3 Å². The maximum atomic E-state index is 9.70. The highest BCUT2D eigenvalue weighted by Crippen LogP contribution is 2.23. The zero-order valence-corrected chi connectivity index (χ0v) is 13.5. The number of benzene rings is 2. The van der Waals surface area contributed by atoms with Gasteiger partial charge >= 0.3 is 7.12 Å². The molecule has 0 aromatic heterocycles. The molecule has 0 fully saturated rings. The van der Waals surface area contributed by atoms with Crippen molar-refractivity contribution in [2.24, 2.45) is 0 Å². The molecule has 21 heavy (non-hydrogen) atoms. The topological polar surface area (TPSA) is 64.2 Å². The van der Waals surface area contributed by atoms with Crippen molar-refractivity contribution in [1.82, 2.24) is 0 Å². The van der Waals surface area contributed by atoms with Crippen LogP contribution < -0.4 is 10.6 Å². The van der Waals surface area contributed by atoms with Gasteiger partial charge in [-0.25, -0.2) is 0 Å². The smallest absolute Gasteiger partial charge is 0.423 e. The maximum Gasteiger partial charge on any atom is 0.488 e. The second-order valence-electron chi connectivity index (χ2n) is 6.05. The van der Waals surface area contributed by atoms with E-state index in [0.29, 0.717) is 11.0 Å². The average Bonchev–Trinajstić information content (AvgIpc) is 2.45. The van der Waals surface area contributed by atoms with Gasteiger partial charge in [-0.1, -0.05) is 61.2 Å². The van der Waals surface area contributed by atoms with Gasteiger partial charge in [-0.2, -0.15) is 5.26 Å². The Morgan fingerprint density at radius 2 is 1.62 bits per heavy atom. The Balaban J connectivity index is 2.89. The lowest BCUT2D eigenvalue weighted by atomic mass is 9.78. The number of hydrogen-bond donors (Lipinski definition) is 2. The van der Waals surface area contributed by atoms with Gasteiger partial charge in [0.25, 0.3) is 0 Å². The zero-order chi connectivity index (χ0) is 15.6. The monoisotopic (exact) mass is 295 g/mol.